The average Bonchev–Trinajstić information content (AvgIpc) is 2.73. The largest absolute Gasteiger partial charge is 0.465 e. The van der Waals surface area contributed by atoms with Crippen LogP contribution in [0.3, 0.4) is 0 Å². The van der Waals surface area contributed by atoms with Gasteiger partial charge in [0.25, 0.3) is 5.91 Å². The number of amides is 1. The van der Waals surface area contributed by atoms with E-state index in [0.29, 0.717) is 18.7 Å². The molecule has 1 aliphatic heterocycles. The van der Waals surface area contributed by atoms with Gasteiger partial charge in [-0.2, -0.15) is 0 Å². The number of carbonyl (C=O) groups is 2. The first-order valence-electron chi connectivity index (χ1n) is 9.34. The molecule has 2 aromatic rings. The SMILES string of the molecule is COC(=O)c1ccc(CNC(=O)C[NH+]2CCN(c3ccccc3Cl)CC2)cc1. The van der Waals surface area contributed by atoms with Crippen LogP contribution in [0.2, 0.25) is 5.02 Å². The summed E-state index contributed by atoms with van der Waals surface area (Å²) < 4.78 is 4.68. The van der Waals surface area contributed by atoms with Gasteiger partial charge in [-0.1, -0.05) is 35.9 Å². The maximum absolute atomic E-state index is 12.3. The van der Waals surface area contributed by atoms with Gasteiger partial charge < -0.3 is 19.9 Å². The van der Waals surface area contributed by atoms with Crippen molar-refractivity contribution in [3.8, 4) is 0 Å². The molecule has 1 aliphatic rings. The van der Waals surface area contributed by atoms with Crippen LogP contribution in [-0.4, -0.2) is 51.7 Å². The van der Waals surface area contributed by atoms with Gasteiger partial charge in [-0.15, -0.1) is 0 Å². The molecule has 7 heteroatoms. The Balaban J connectivity index is 1.42. The summed E-state index contributed by atoms with van der Waals surface area (Å²) in [4.78, 5) is 27.2. The van der Waals surface area contributed by atoms with Crippen molar-refractivity contribution in [2.24, 2.45) is 0 Å². The van der Waals surface area contributed by atoms with Crippen LogP contribution in [0.25, 0.3) is 0 Å². The lowest BCUT2D eigenvalue weighted by Gasteiger charge is -2.33. The normalized spacial score (nSPS) is 14.6. The molecule has 1 fully saturated rings. The van der Waals surface area contributed by atoms with E-state index in [1.165, 1.54) is 12.0 Å². The molecule has 0 aromatic heterocycles. The van der Waals surface area contributed by atoms with Gasteiger partial charge in [0.1, 0.15) is 0 Å². The third kappa shape index (κ3) is 5.24. The Hall–Kier alpha value is -2.57. The zero-order valence-corrected chi connectivity index (χ0v) is 16.7. The number of benzene rings is 2. The summed E-state index contributed by atoms with van der Waals surface area (Å²) in [6.07, 6.45) is 0. The number of halogens is 1. The van der Waals surface area contributed by atoms with Crippen molar-refractivity contribution in [2.75, 3.05) is 44.7 Å². The lowest BCUT2D eigenvalue weighted by atomic mass is 10.1. The first kappa shape index (κ1) is 20.2. The number of carbonyl (C=O) groups excluding carboxylic acids is 2. The molecule has 0 atom stereocenters. The number of anilines is 1. The fourth-order valence-electron chi connectivity index (χ4n) is 3.32. The number of rotatable bonds is 6. The highest BCUT2D eigenvalue weighted by Gasteiger charge is 2.23. The van der Waals surface area contributed by atoms with Crippen LogP contribution in [0.1, 0.15) is 15.9 Å². The number of nitrogens with one attached hydrogen (secondary N) is 2. The molecule has 0 saturated carbocycles. The lowest BCUT2D eigenvalue weighted by Crippen LogP contribution is -3.15. The third-order valence-corrected chi connectivity index (χ3v) is 5.26. The molecular weight excluding hydrogens is 378 g/mol. The quantitative estimate of drug-likeness (QED) is 0.711. The number of hydrogen-bond acceptors (Lipinski definition) is 4. The van der Waals surface area contributed by atoms with Gasteiger partial charge in [0, 0.05) is 6.54 Å². The number of ether oxygens (including phenoxy) is 1. The van der Waals surface area contributed by atoms with Gasteiger partial charge in [-0.25, -0.2) is 4.79 Å². The summed E-state index contributed by atoms with van der Waals surface area (Å²) in [5, 5.41) is 3.72. The van der Waals surface area contributed by atoms with E-state index < -0.39 is 0 Å². The minimum absolute atomic E-state index is 0.0261. The van der Waals surface area contributed by atoms with Crippen LogP contribution in [0, 0.1) is 0 Å². The summed E-state index contributed by atoms with van der Waals surface area (Å²) >= 11 is 6.27. The van der Waals surface area contributed by atoms with Crippen molar-refractivity contribution >= 4 is 29.2 Å². The van der Waals surface area contributed by atoms with Crippen molar-refractivity contribution in [2.45, 2.75) is 6.54 Å². The zero-order chi connectivity index (χ0) is 19.9. The predicted octanol–water partition coefficient (Wildman–Crippen LogP) is 1.15. The van der Waals surface area contributed by atoms with Crippen molar-refractivity contribution in [1.82, 2.24) is 5.32 Å². The predicted molar refractivity (Wildman–Crippen MR) is 109 cm³/mol. The van der Waals surface area contributed by atoms with E-state index in [-0.39, 0.29) is 11.9 Å². The molecule has 1 heterocycles. The summed E-state index contributed by atoms with van der Waals surface area (Å²) in [7, 11) is 1.35. The molecular formula is C21H25ClN3O3+. The van der Waals surface area contributed by atoms with Gasteiger partial charge in [0.2, 0.25) is 0 Å². The van der Waals surface area contributed by atoms with Crippen LogP contribution in [0.5, 0.6) is 0 Å². The molecule has 0 aliphatic carbocycles. The van der Waals surface area contributed by atoms with Gasteiger partial charge in [-0.3, -0.25) is 4.79 Å². The van der Waals surface area contributed by atoms with E-state index in [1.807, 2.05) is 36.4 Å². The number of hydrogen-bond donors (Lipinski definition) is 2. The Labute approximate surface area is 170 Å². The molecule has 0 unspecified atom stereocenters. The van der Waals surface area contributed by atoms with E-state index in [1.54, 1.807) is 12.1 Å². The summed E-state index contributed by atoms with van der Waals surface area (Å²) in [5.74, 6) is -0.339. The molecule has 6 nitrogen and oxygen atoms in total. The minimum atomic E-state index is -0.366. The molecule has 3 rings (SSSR count). The van der Waals surface area contributed by atoms with Gasteiger partial charge in [-0.05, 0) is 29.8 Å². The number of esters is 1. The molecule has 0 spiro atoms. The van der Waals surface area contributed by atoms with Crippen LogP contribution >= 0.6 is 11.6 Å². The lowest BCUT2D eigenvalue weighted by molar-refractivity contribution is -0.892. The fourth-order valence-corrected chi connectivity index (χ4v) is 3.57. The van der Waals surface area contributed by atoms with Gasteiger partial charge in [0.15, 0.2) is 6.54 Å². The Kier molecular flexibility index (Phi) is 6.90. The van der Waals surface area contributed by atoms with E-state index in [2.05, 4.69) is 15.0 Å². The van der Waals surface area contributed by atoms with Crippen LogP contribution in [-0.2, 0) is 16.1 Å². The van der Waals surface area contributed by atoms with E-state index in [9.17, 15) is 9.59 Å². The van der Waals surface area contributed by atoms with Gasteiger partial charge in [0.05, 0.1) is 49.6 Å². The molecule has 2 N–H and O–H groups in total. The maximum Gasteiger partial charge on any atom is 0.337 e. The second-order valence-corrected chi connectivity index (χ2v) is 7.24. The number of methoxy groups -OCH3 is 1. The van der Waals surface area contributed by atoms with Crippen LogP contribution in [0.4, 0.5) is 5.69 Å². The summed E-state index contributed by atoms with van der Waals surface area (Å²) in [5.41, 5.74) is 2.50. The van der Waals surface area contributed by atoms with Crippen molar-refractivity contribution < 1.29 is 19.2 Å². The highest BCUT2D eigenvalue weighted by molar-refractivity contribution is 6.33. The first-order valence-corrected chi connectivity index (χ1v) is 9.71. The van der Waals surface area contributed by atoms with E-state index in [0.717, 1.165) is 42.5 Å². The third-order valence-electron chi connectivity index (χ3n) is 4.94. The number of quaternary nitrogens is 1. The average molecular weight is 403 g/mol. The Morgan fingerprint density at radius 2 is 1.79 bits per heavy atom. The Bertz CT molecular complexity index is 818. The van der Waals surface area contributed by atoms with Crippen molar-refractivity contribution in [3.63, 3.8) is 0 Å². The van der Waals surface area contributed by atoms with Crippen molar-refractivity contribution in [3.05, 3.63) is 64.7 Å². The second kappa shape index (κ2) is 9.57. The standard InChI is InChI=1S/C21H24ClN3O3/c1-28-21(27)17-8-6-16(7-9-17)14-23-20(26)15-24-10-12-25(13-11-24)19-5-3-2-4-18(19)22/h2-9H,10-15H2,1H3,(H,23,26)/p+1. The number of nitrogens with zero attached hydrogens (tertiary/aromatic N) is 1. The smallest absolute Gasteiger partial charge is 0.337 e. The molecule has 0 radical (unpaired) electrons. The summed E-state index contributed by atoms with van der Waals surface area (Å²) in [6, 6.07) is 14.9. The van der Waals surface area contributed by atoms with Gasteiger partial charge >= 0.3 is 5.97 Å². The number of para-hydroxylation sites is 1. The van der Waals surface area contributed by atoms with E-state index >= 15 is 0 Å². The Morgan fingerprint density at radius 1 is 1.11 bits per heavy atom. The molecule has 0 bridgehead atoms. The zero-order valence-electron chi connectivity index (χ0n) is 15.9. The second-order valence-electron chi connectivity index (χ2n) is 6.83. The topological polar surface area (TPSA) is 63.1 Å². The first-order chi connectivity index (χ1) is 13.6. The highest BCUT2D eigenvalue weighted by atomic mass is 35.5. The highest BCUT2D eigenvalue weighted by Crippen LogP contribution is 2.24. The summed E-state index contributed by atoms with van der Waals surface area (Å²) in [6.45, 7) is 4.44. The minimum Gasteiger partial charge on any atom is -0.465 e. The molecule has 28 heavy (non-hydrogen) atoms. The Morgan fingerprint density at radius 3 is 2.43 bits per heavy atom. The molecule has 1 amide bonds. The van der Waals surface area contributed by atoms with Crippen molar-refractivity contribution in [1.29, 1.82) is 0 Å². The molecule has 2 aromatic carbocycles. The maximum atomic E-state index is 12.3. The van der Waals surface area contributed by atoms with Crippen LogP contribution in [0.15, 0.2) is 48.5 Å². The number of piperazine rings is 1. The molecule has 148 valence electrons. The van der Waals surface area contributed by atoms with E-state index in [4.69, 9.17) is 11.6 Å². The van der Waals surface area contributed by atoms with Crippen LogP contribution < -0.4 is 15.1 Å². The molecule has 1 saturated heterocycles. The monoisotopic (exact) mass is 402 g/mol. The fraction of sp³-hybridized carbons (Fsp3) is 0.333.